The number of amides is 1. The second kappa shape index (κ2) is 11.5. The molecule has 0 saturated carbocycles. The van der Waals surface area contributed by atoms with Crippen molar-refractivity contribution < 1.29 is 27.1 Å². The molecule has 0 bridgehead atoms. The summed E-state index contributed by atoms with van der Waals surface area (Å²) in [6.07, 6.45) is 0. The first kappa shape index (κ1) is 28.7. The topological polar surface area (TPSA) is 84.3 Å². The Morgan fingerprint density at radius 2 is 1.55 bits per heavy atom. The Morgan fingerprint density at radius 3 is 2.10 bits per heavy atom. The number of ether oxygens (including phenoxy) is 1. The number of methoxy groups -OCH3 is 1. The number of thiocarbonyl (C=S) groups is 1. The molecule has 3 aromatic carbocycles. The summed E-state index contributed by atoms with van der Waals surface area (Å²) in [6.45, 7) is 9.68. The summed E-state index contributed by atoms with van der Waals surface area (Å²) in [5.41, 5.74) is 3.59. The number of anilines is 2. The highest BCUT2D eigenvalue weighted by atomic mass is 32.1. The molecule has 210 valence electrons. The van der Waals surface area contributed by atoms with Gasteiger partial charge in [-0.25, -0.2) is 8.78 Å². The van der Waals surface area contributed by atoms with Crippen LogP contribution in [0.4, 0.5) is 28.9 Å². The number of carbonyl (C=O) groups is 1. The molecular formula is C27H26F4N6O2S. The van der Waals surface area contributed by atoms with Crippen molar-refractivity contribution in [2.45, 2.75) is 27.7 Å². The van der Waals surface area contributed by atoms with Crippen LogP contribution in [-0.2, 0) is 0 Å². The third-order valence-electron chi connectivity index (χ3n) is 6.38. The maximum atomic E-state index is 14.3. The van der Waals surface area contributed by atoms with Crippen LogP contribution in [0.5, 0.6) is 5.75 Å². The number of benzene rings is 3. The van der Waals surface area contributed by atoms with Crippen LogP contribution in [0.15, 0.2) is 30.3 Å². The van der Waals surface area contributed by atoms with Gasteiger partial charge in [0.1, 0.15) is 16.6 Å². The molecule has 13 heteroatoms. The Morgan fingerprint density at radius 1 is 0.950 bits per heavy atom. The fraction of sp³-hybridized carbons (Fsp3) is 0.259. The van der Waals surface area contributed by atoms with Crippen LogP contribution in [0.3, 0.4) is 0 Å². The fourth-order valence-electron chi connectivity index (χ4n) is 4.27. The van der Waals surface area contributed by atoms with Gasteiger partial charge in [-0.2, -0.15) is 13.6 Å². The Hall–Kier alpha value is -4.26. The van der Waals surface area contributed by atoms with Crippen LogP contribution in [0, 0.1) is 37.1 Å². The van der Waals surface area contributed by atoms with Gasteiger partial charge in [0.15, 0.2) is 22.5 Å². The van der Waals surface area contributed by atoms with Crippen LogP contribution >= 0.6 is 12.2 Å². The first-order valence-electron chi connectivity index (χ1n) is 12.3. The van der Waals surface area contributed by atoms with E-state index in [1.54, 1.807) is 19.1 Å². The van der Waals surface area contributed by atoms with Gasteiger partial charge < -0.3 is 15.0 Å². The monoisotopic (exact) mass is 574 g/mol. The van der Waals surface area contributed by atoms with E-state index in [0.717, 1.165) is 37.1 Å². The van der Waals surface area contributed by atoms with Gasteiger partial charge in [0, 0.05) is 24.5 Å². The van der Waals surface area contributed by atoms with E-state index in [1.165, 1.54) is 4.80 Å². The zero-order chi connectivity index (χ0) is 29.3. The van der Waals surface area contributed by atoms with Gasteiger partial charge in [-0.3, -0.25) is 10.1 Å². The highest BCUT2D eigenvalue weighted by Crippen LogP contribution is 2.30. The number of hydrogen-bond donors (Lipinski definition) is 2. The number of hydrogen-bond acceptors (Lipinski definition) is 6. The first-order chi connectivity index (χ1) is 19.0. The summed E-state index contributed by atoms with van der Waals surface area (Å²) < 4.78 is 61.0. The van der Waals surface area contributed by atoms with Gasteiger partial charge in [-0.1, -0.05) is 0 Å². The summed E-state index contributed by atoms with van der Waals surface area (Å²) in [5, 5.41) is 13.6. The van der Waals surface area contributed by atoms with Crippen LogP contribution in [0.25, 0.3) is 16.7 Å². The maximum Gasteiger partial charge on any atom is 0.263 e. The van der Waals surface area contributed by atoms with E-state index in [-0.39, 0.29) is 5.11 Å². The van der Waals surface area contributed by atoms with Crippen LogP contribution in [0.1, 0.15) is 35.3 Å². The summed E-state index contributed by atoms with van der Waals surface area (Å²) in [7, 11) is 0.834. The fourth-order valence-corrected chi connectivity index (χ4v) is 4.47. The summed E-state index contributed by atoms with van der Waals surface area (Å²) in [6, 6.07) is 9.41. The summed E-state index contributed by atoms with van der Waals surface area (Å²) in [4.78, 5) is 16.2. The molecule has 0 spiro atoms. The van der Waals surface area contributed by atoms with Crippen LogP contribution < -0.4 is 20.3 Å². The Balaban J connectivity index is 1.57. The predicted molar refractivity (Wildman–Crippen MR) is 148 cm³/mol. The third kappa shape index (κ3) is 5.28. The highest BCUT2D eigenvalue weighted by molar-refractivity contribution is 7.80. The quantitative estimate of drug-likeness (QED) is 0.170. The first-order valence-corrected chi connectivity index (χ1v) is 12.7. The molecule has 4 rings (SSSR count). The van der Waals surface area contributed by atoms with Crippen molar-refractivity contribution in [1.82, 2.24) is 20.3 Å². The lowest BCUT2D eigenvalue weighted by Gasteiger charge is -2.22. The molecular weight excluding hydrogens is 548 g/mol. The molecule has 0 saturated heterocycles. The van der Waals surface area contributed by atoms with Crippen molar-refractivity contribution in [2.75, 3.05) is 30.4 Å². The maximum absolute atomic E-state index is 14.3. The highest BCUT2D eigenvalue weighted by Gasteiger charge is 2.30. The summed E-state index contributed by atoms with van der Waals surface area (Å²) in [5.74, 6) is -10.3. The van der Waals surface area contributed by atoms with E-state index in [1.807, 2.05) is 24.4 Å². The molecule has 0 atom stereocenters. The minimum atomic E-state index is -1.91. The zero-order valence-electron chi connectivity index (χ0n) is 22.3. The Kier molecular flexibility index (Phi) is 8.24. The lowest BCUT2D eigenvalue weighted by molar-refractivity contribution is 0.0966. The van der Waals surface area contributed by atoms with Crippen molar-refractivity contribution >= 4 is 45.6 Å². The molecule has 0 aliphatic heterocycles. The minimum Gasteiger partial charge on any atom is -0.491 e. The van der Waals surface area contributed by atoms with Crippen molar-refractivity contribution in [1.29, 1.82) is 0 Å². The Labute approximate surface area is 232 Å². The van der Waals surface area contributed by atoms with E-state index >= 15 is 0 Å². The predicted octanol–water partition coefficient (Wildman–Crippen LogP) is 5.58. The number of aryl methyl sites for hydroxylation is 2. The molecule has 40 heavy (non-hydrogen) atoms. The smallest absolute Gasteiger partial charge is 0.263 e. The number of carbonyl (C=O) groups excluding carboxylic acids is 1. The molecule has 2 N–H and O–H groups in total. The molecule has 1 amide bonds. The van der Waals surface area contributed by atoms with Crippen molar-refractivity contribution in [2.24, 2.45) is 0 Å². The van der Waals surface area contributed by atoms with E-state index in [2.05, 4.69) is 45.1 Å². The van der Waals surface area contributed by atoms with Gasteiger partial charge in [-0.15, -0.1) is 10.2 Å². The lowest BCUT2D eigenvalue weighted by Crippen LogP contribution is -2.35. The number of rotatable bonds is 7. The zero-order valence-corrected chi connectivity index (χ0v) is 23.1. The normalized spacial score (nSPS) is 11.0. The number of aromatic nitrogens is 3. The van der Waals surface area contributed by atoms with Crippen molar-refractivity contribution in [3.63, 3.8) is 0 Å². The second-order valence-corrected chi connectivity index (χ2v) is 9.27. The largest absolute Gasteiger partial charge is 0.491 e. The number of nitrogens with zero attached hydrogens (tertiary/aromatic N) is 4. The van der Waals surface area contributed by atoms with Gasteiger partial charge in [0.25, 0.3) is 5.91 Å². The number of fused-ring (bicyclic) bond motifs is 1. The van der Waals surface area contributed by atoms with Crippen LogP contribution in [0.2, 0.25) is 0 Å². The second-order valence-electron chi connectivity index (χ2n) is 8.86. The number of nitrogens with one attached hydrogen (secondary N) is 2. The lowest BCUT2D eigenvalue weighted by atomic mass is 10.1. The van der Waals surface area contributed by atoms with Gasteiger partial charge >= 0.3 is 0 Å². The van der Waals surface area contributed by atoms with E-state index < -0.39 is 40.5 Å². The van der Waals surface area contributed by atoms with Crippen molar-refractivity contribution in [3.8, 4) is 11.4 Å². The Bertz CT molecular complexity index is 1610. The van der Waals surface area contributed by atoms with Crippen molar-refractivity contribution in [3.05, 3.63) is 70.3 Å². The average molecular weight is 575 g/mol. The van der Waals surface area contributed by atoms with Gasteiger partial charge in [0.05, 0.1) is 12.8 Å². The summed E-state index contributed by atoms with van der Waals surface area (Å²) >= 11 is 5.10. The molecule has 4 aromatic rings. The van der Waals surface area contributed by atoms with Crippen LogP contribution in [-0.4, -0.2) is 46.2 Å². The molecule has 8 nitrogen and oxygen atoms in total. The van der Waals surface area contributed by atoms with E-state index in [9.17, 15) is 22.4 Å². The van der Waals surface area contributed by atoms with E-state index in [0.29, 0.717) is 22.3 Å². The third-order valence-corrected chi connectivity index (χ3v) is 6.58. The molecule has 0 radical (unpaired) electrons. The van der Waals surface area contributed by atoms with Gasteiger partial charge in [-0.05, 0) is 81.4 Å². The minimum absolute atomic E-state index is 0.363. The molecule has 0 unspecified atom stereocenters. The molecule has 0 aliphatic rings. The molecule has 1 heterocycles. The SMILES string of the molecule is CCN(CC)c1ccc(-n2nc3cc(C)c(NC(=S)NC(=O)c4c(F)c(F)c(OC)c(F)c4F)cc3n2)c(C)c1. The van der Waals surface area contributed by atoms with E-state index in [4.69, 9.17) is 12.2 Å². The molecule has 1 aromatic heterocycles. The number of halogens is 4. The average Bonchev–Trinajstić information content (AvgIpc) is 3.31. The molecule has 0 aliphatic carbocycles. The standard InChI is InChI=1S/C27H26F4N6O2S/c1-6-36(7-2)15-8-9-19(14(4)10-15)37-34-17-11-13(3)16(12-18(17)35-37)32-27(40)33-26(38)20-21(28)23(30)25(39-5)24(31)22(20)29/h8-12H,6-7H2,1-5H3,(H2,32,33,38,40). The molecule has 0 fully saturated rings. The van der Waals surface area contributed by atoms with Gasteiger partial charge in [0.2, 0.25) is 11.6 Å².